The molecule has 0 spiro atoms. The minimum Gasteiger partial charge on any atom is -0.476 e. The van der Waals surface area contributed by atoms with Crippen LogP contribution in [0, 0.1) is 6.92 Å². The predicted octanol–water partition coefficient (Wildman–Crippen LogP) is -0.156. The SMILES string of the molecule is Cc1cc(N)nn1CC(=O)Nc1cn(C)nc1C(=O)O. The quantitative estimate of drug-likeness (QED) is 0.713. The van der Waals surface area contributed by atoms with Gasteiger partial charge in [0.25, 0.3) is 0 Å². The summed E-state index contributed by atoms with van der Waals surface area (Å²) in [6, 6.07) is 1.64. The molecule has 0 atom stereocenters. The van der Waals surface area contributed by atoms with Gasteiger partial charge in [-0.05, 0) is 6.92 Å². The summed E-state index contributed by atoms with van der Waals surface area (Å²) in [6.07, 6.45) is 1.42. The number of nitrogens with one attached hydrogen (secondary N) is 1. The van der Waals surface area contributed by atoms with Gasteiger partial charge in [0.2, 0.25) is 5.91 Å². The van der Waals surface area contributed by atoms with Crippen molar-refractivity contribution in [1.29, 1.82) is 0 Å². The molecule has 0 bridgehead atoms. The molecular weight excluding hydrogens is 264 g/mol. The Morgan fingerprint density at radius 3 is 2.70 bits per heavy atom. The van der Waals surface area contributed by atoms with Crippen LogP contribution in [-0.2, 0) is 18.4 Å². The van der Waals surface area contributed by atoms with Gasteiger partial charge < -0.3 is 16.2 Å². The van der Waals surface area contributed by atoms with Gasteiger partial charge in [0.15, 0.2) is 5.69 Å². The Bertz CT molecular complexity index is 672. The first-order valence-electron chi connectivity index (χ1n) is 5.73. The molecule has 2 aromatic rings. The molecule has 4 N–H and O–H groups in total. The number of carboxylic acids is 1. The van der Waals surface area contributed by atoms with Crippen LogP contribution in [0.15, 0.2) is 12.3 Å². The van der Waals surface area contributed by atoms with E-state index < -0.39 is 11.9 Å². The lowest BCUT2D eigenvalue weighted by Gasteiger charge is -2.05. The number of nitrogens with two attached hydrogens (primary N) is 1. The van der Waals surface area contributed by atoms with E-state index in [2.05, 4.69) is 15.5 Å². The van der Waals surface area contributed by atoms with Crippen molar-refractivity contribution in [2.45, 2.75) is 13.5 Å². The number of carboxylic acid groups (broad SMARTS) is 1. The van der Waals surface area contributed by atoms with E-state index in [1.54, 1.807) is 20.0 Å². The Kier molecular flexibility index (Phi) is 3.42. The van der Waals surface area contributed by atoms with E-state index in [1.807, 2.05) is 0 Å². The number of aryl methyl sites for hydroxylation is 2. The number of rotatable bonds is 4. The number of aromatic nitrogens is 4. The van der Waals surface area contributed by atoms with Gasteiger partial charge in [-0.2, -0.15) is 10.2 Å². The lowest BCUT2D eigenvalue weighted by molar-refractivity contribution is -0.116. The van der Waals surface area contributed by atoms with Gasteiger partial charge in [-0.25, -0.2) is 4.79 Å². The van der Waals surface area contributed by atoms with Crippen molar-refractivity contribution in [3.63, 3.8) is 0 Å². The molecule has 0 radical (unpaired) electrons. The normalized spacial score (nSPS) is 10.5. The van der Waals surface area contributed by atoms with Gasteiger partial charge in [0.1, 0.15) is 12.4 Å². The minimum absolute atomic E-state index is 0.0585. The smallest absolute Gasteiger partial charge is 0.358 e. The van der Waals surface area contributed by atoms with Crippen molar-refractivity contribution in [3.05, 3.63) is 23.7 Å². The first-order valence-corrected chi connectivity index (χ1v) is 5.73. The summed E-state index contributed by atoms with van der Waals surface area (Å²) in [7, 11) is 1.57. The molecule has 9 nitrogen and oxygen atoms in total. The summed E-state index contributed by atoms with van der Waals surface area (Å²) in [5.41, 5.74) is 6.19. The molecule has 0 aliphatic rings. The Labute approximate surface area is 114 Å². The van der Waals surface area contributed by atoms with Gasteiger partial charge in [0.05, 0.1) is 5.69 Å². The zero-order chi connectivity index (χ0) is 14.9. The highest BCUT2D eigenvalue weighted by atomic mass is 16.4. The molecular formula is C11H14N6O3. The molecule has 20 heavy (non-hydrogen) atoms. The van der Waals surface area contributed by atoms with Crippen LogP contribution in [0.5, 0.6) is 0 Å². The van der Waals surface area contributed by atoms with Gasteiger partial charge >= 0.3 is 5.97 Å². The van der Waals surface area contributed by atoms with Crippen LogP contribution in [0.3, 0.4) is 0 Å². The molecule has 0 aliphatic carbocycles. The summed E-state index contributed by atoms with van der Waals surface area (Å²) in [5, 5.41) is 19.2. The highest BCUT2D eigenvalue weighted by molar-refractivity contribution is 5.98. The second-order valence-corrected chi connectivity index (χ2v) is 4.29. The van der Waals surface area contributed by atoms with E-state index in [4.69, 9.17) is 10.8 Å². The Morgan fingerprint density at radius 2 is 2.15 bits per heavy atom. The standard InChI is InChI=1S/C11H14N6O3/c1-6-3-8(12)14-17(6)5-9(18)13-7-4-16(2)15-10(7)11(19)20/h3-4H,5H2,1-2H3,(H2,12,14)(H,13,18)(H,19,20). The van der Waals surface area contributed by atoms with Crippen LogP contribution in [-0.4, -0.2) is 36.5 Å². The number of aromatic carboxylic acids is 1. The number of hydrogen-bond donors (Lipinski definition) is 3. The van der Waals surface area contributed by atoms with Crippen molar-refractivity contribution in [2.75, 3.05) is 11.1 Å². The molecule has 0 aliphatic heterocycles. The second kappa shape index (κ2) is 5.03. The highest BCUT2D eigenvalue weighted by Crippen LogP contribution is 2.13. The van der Waals surface area contributed by atoms with Crippen LogP contribution in [0.25, 0.3) is 0 Å². The third kappa shape index (κ3) is 2.76. The monoisotopic (exact) mass is 278 g/mol. The van der Waals surface area contributed by atoms with Crippen molar-refractivity contribution >= 4 is 23.4 Å². The summed E-state index contributed by atoms with van der Waals surface area (Å²) in [4.78, 5) is 22.9. The van der Waals surface area contributed by atoms with Crippen LogP contribution < -0.4 is 11.1 Å². The third-order valence-corrected chi connectivity index (χ3v) is 2.60. The molecule has 0 aromatic carbocycles. The number of nitrogens with zero attached hydrogens (tertiary/aromatic N) is 4. The van der Waals surface area contributed by atoms with Crippen LogP contribution >= 0.6 is 0 Å². The fourth-order valence-corrected chi connectivity index (χ4v) is 1.76. The molecule has 0 saturated heterocycles. The van der Waals surface area contributed by atoms with E-state index in [-0.39, 0.29) is 17.9 Å². The maximum Gasteiger partial charge on any atom is 0.358 e. The van der Waals surface area contributed by atoms with Gasteiger partial charge in [-0.1, -0.05) is 0 Å². The third-order valence-electron chi connectivity index (χ3n) is 2.60. The zero-order valence-corrected chi connectivity index (χ0v) is 11.0. The van der Waals surface area contributed by atoms with Gasteiger partial charge in [-0.15, -0.1) is 0 Å². The fraction of sp³-hybridized carbons (Fsp3) is 0.273. The maximum absolute atomic E-state index is 11.9. The number of carbonyl (C=O) groups excluding carboxylic acids is 1. The topological polar surface area (TPSA) is 128 Å². The van der Waals surface area contributed by atoms with Gasteiger partial charge in [-0.3, -0.25) is 14.2 Å². The second-order valence-electron chi connectivity index (χ2n) is 4.29. The Balaban J connectivity index is 2.12. The molecule has 2 heterocycles. The molecule has 0 saturated carbocycles. The number of amides is 1. The number of anilines is 2. The average molecular weight is 278 g/mol. The molecule has 9 heteroatoms. The summed E-state index contributed by atoms with van der Waals surface area (Å²) >= 11 is 0. The highest BCUT2D eigenvalue weighted by Gasteiger charge is 2.17. The van der Waals surface area contributed by atoms with E-state index >= 15 is 0 Å². The lowest BCUT2D eigenvalue weighted by Crippen LogP contribution is -2.21. The minimum atomic E-state index is -1.21. The summed E-state index contributed by atoms with van der Waals surface area (Å²) < 4.78 is 2.75. The first kappa shape index (κ1) is 13.6. The predicted molar refractivity (Wildman–Crippen MR) is 70.2 cm³/mol. The van der Waals surface area contributed by atoms with Gasteiger partial charge in [0, 0.05) is 25.0 Å². The lowest BCUT2D eigenvalue weighted by atomic mass is 10.3. The zero-order valence-electron chi connectivity index (χ0n) is 11.0. The molecule has 1 amide bonds. The maximum atomic E-state index is 11.9. The van der Waals surface area contributed by atoms with Crippen molar-refractivity contribution < 1.29 is 14.7 Å². The number of hydrogen-bond acceptors (Lipinski definition) is 5. The molecule has 0 unspecified atom stereocenters. The number of carbonyl (C=O) groups is 2. The molecule has 106 valence electrons. The van der Waals surface area contributed by atoms with E-state index in [1.165, 1.54) is 15.6 Å². The average Bonchev–Trinajstić information content (AvgIpc) is 2.82. The van der Waals surface area contributed by atoms with Crippen LogP contribution in [0.4, 0.5) is 11.5 Å². The molecule has 2 rings (SSSR count). The Hall–Kier alpha value is -2.84. The van der Waals surface area contributed by atoms with E-state index in [0.29, 0.717) is 5.82 Å². The summed E-state index contributed by atoms with van der Waals surface area (Å²) in [6.45, 7) is 1.71. The molecule has 2 aromatic heterocycles. The fourth-order valence-electron chi connectivity index (χ4n) is 1.76. The van der Waals surface area contributed by atoms with Crippen molar-refractivity contribution in [3.8, 4) is 0 Å². The van der Waals surface area contributed by atoms with Crippen LogP contribution in [0.2, 0.25) is 0 Å². The van der Waals surface area contributed by atoms with Crippen LogP contribution in [0.1, 0.15) is 16.2 Å². The first-order chi connectivity index (χ1) is 9.36. The molecule has 0 fully saturated rings. The summed E-state index contributed by atoms with van der Waals surface area (Å²) in [5.74, 6) is -1.30. The number of nitrogen functional groups attached to an aromatic ring is 1. The van der Waals surface area contributed by atoms with E-state index in [0.717, 1.165) is 5.69 Å². The van der Waals surface area contributed by atoms with E-state index in [9.17, 15) is 9.59 Å². The largest absolute Gasteiger partial charge is 0.476 e. The Morgan fingerprint density at radius 1 is 1.45 bits per heavy atom. The van der Waals surface area contributed by atoms with Crippen molar-refractivity contribution in [2.24, 2.45) is 7.05 Å². The van der Waals surface area contributed by atoms with Crippen molar-refractivity contribution in [1.82, 2.24) is 19.6 Å².